The van der Waals surface area contributed by atoms with Crippen molar-refractivity contribution in [3.63, 3.8) is 0 Å². The zero-order valence-corrected chi connectivity index (χ0v) is 14.7. The van der Waals surface area contributed by atoms with Crippen LogP contribution in [-0.2, 0) is 5.54 Å². The Kier molecular flexibility index (Phi) is 11.8. The SMILES string of the molecule is CC.CC.Cc1ccoc1.Cc1cnn(C(C)(C)C)c1. The quantitative estimate of drug-likeness (QED) is 0.630. The molecule has 0 bridgehead atoms. The molecule has 3 heteroatoms. The third-order valence-corrected chi connectivity index (χ3v) is 2.06. The van der Waals surface area contributed by atoms with Crippen molar-refractivity contribution in [2.45, 2.75) is 67.9 Å². The highest BCUT2D eigenvalue weighted by Crippen LogP contribution is 2.12. The standard InChI is InChI=1S/C8H14N2.C5H6O.2C2H6/c1-7-5-9-10(6-7)8(2,3)4;1-5-2-3-6-4-5;2*1-2/h5-6H,1-4H3;2-4H,1H3;2*1-2H3. The summed E-state index contributed by atoms with van der Waals surface area (Å²) >= 11 is 0. The first-order valence-corrected chi connectivity index (χ1v) is 7.40. The number of nitrogens with zero attached hydrogens (tertiary/aromatic N) is 2. The van der Waals surface area contributed by atoms with Crippen molar-refractivity contribution in [1.29, 1.82) is 0 Å². The molecule has 0 unspecified atom stereocenters. The Bertz CT molecular complexity index is 408. The van der Waals surface area contributed by atoms with Crippen LogP contribution >= 0.6 is 0 Å². The third-order valence-electron chi connectivity index (χ3n) is 2.06. The van der Waals surface area contributed by atoms with Crippen molar-refractivity contribution in [1.82, 2.24) is 9.78 Å². The summed E-state index contributed by atoms with van der Waals surface area (Å²) in [5.41, 5.74) is 2.51. The Morgan fingerprint density at radius 1 is 1.00 bits per heavy atom. The van der Waals surface area contributed by atoms with E-state index in [0.717, 1.165) is 0 Å². The first-order chi connectivity index (χ1) is 9.39. The van der Waals surface area contributed by atoms with Gasteiger partial charge in [-0.05, 0) is 51.8 Å². The highest BCUT2D eigenvalue weighted by molar-refractivity contribution is 5.01. The van der Waals surface area contributed by atoms with Crippen LogP contribution in [0.5, 0.6) is 0 Å². The van der Waals surface area contributed by atoms with Crippen molar-refractivity contribution < 1.29 is 4.42 Å². The number of aryl methyl sites for hydroxylation is 2. The molecule has 2 rings (SSSR count). The molecule has 0 saturated heterocycles. The molecule has 0 fully saturated rings. The molecular formula is C17H32N2O. The second-order valence-corrected chi connectivity index (χ2v) is 4.93. The molecule has 3 nitrogen and oxygen atoms in total. The van der Waals surface area contributed by atoms with Gasteiger partial charge in [-0.3, -0.25) is 4.68 Å². The maximum atomic E-state index is 4.71. The Balaban J connectivity index is 0. The molecule has 0 spiro atoms. The summed E-state index contributed by atoms with van der Waals surface area (Å²) in [6.07, 6.45) is 7.31. The molecule has 2 aromatic rings. The van der Waals surface area contributed by atoms with E-state index in [0.29, 0.717) is 0 Å². The van der Waals surface area contributed by atoms with E-state index in [1.807, 2.05) is 51.6 Å². The van der Waals surface area contributed by atoms with E-state index in [-0.39, 0.29) is 5.54 Å². The van der Waals surface area contributed by atoms with E-state index in [1.54, 1.807) is 12.5 Å². The highest BCUT2D eigenvalue weighted by atomic mass is 16.3. The Morgan fingerprint density at radius 3 is 1.70 bits per heavy atom. The number of rotatable bonds is 0. The maximum Gasteiger partial charge on any atom is 0.0931 e. The lowest BCUT2D eigenvalue weighted by Crippen LogP contribution is -2.21. The van der Waals surface area contributed by atoms with E-state index >= 15 is 0 Å². The Morgan fingerprint density at radius 2 is 1.55 bits per heavy atom. The van der Waals surface area contributed by atoms with Gasteiger partial charge in [0.15, 0.2) is 0 Å². The minimum atomic E-state index is 0.119. The molecule has 0 radical (unpaired) electrons. The minimum absolute atomic E-state index is 0.119. The third kappa shape index (κ3) is 9.42. The summed E-state index contributed by atoms with van der Waals surface area (Å²) in [4.78, 5) is 0. The molecule has 20 heavy (non-hydrogen) atoms. The molecular weight excluding hydrogens is 248 g/mol. The van der Waals surface area contributed by atoms with E-state index in [9.17, 15) is 0 Å². The lowest BCUT2D eigenvalue weighted by atomic mass is 10.1. The number of furan rings is 1. The van der Waals surface area contributed by atoms with E-state index in [1.165, 1.54) is 11.1 Å². The fourth-order valence-electron chi connectivity index (χ4n) is 1.11. The molecule has 0 amide bonds. The molecule has 0 aliphatic carbocycles. The topological polar surface area (TPSA) is 31.0 Å². The fraction of sp³-hybridized carbons (Fsp3) is 0.588. The molecule has 116 valence electrons. The van der Waals surface area contributed by atoms with Gasteiger partial charge in [0.1, 0.15) is 0 Å². The van der Waals surface area contributed by atoms with Gasteiger partial charge < -0.3 is 4.42 Å². The molecule has 2 aromatic heterocycles. The molecule has 2 heterocycles. The van der Waals surface area contributed by atoms with E-state index in [2.05, 4.69) is 39.0 Å². The highest BCUT2D eigenvalue weighted by Gasteiger charge is 2.12. The first kappa shape index (κ1) is 20.8. The minimum Gasteiger partial charge on any atom is -0.472 e. The average molecular weight is 280 g/mol. The summed E-state index contributed by atoms with van der Waals surface area (Å²) in [5, 5.41) is 4.20. The van der Waals surface area contributed by atoms with Crippen molar-refractivity contribution in [2.24, 2.45) is 0 Å². The van der Waals surface area contributed by atoms with Crippen molar-refractivity contribution >= 4 is 0 Å². The lowest BCUT2D eigenvalue weighted by molar-refractivity contribution is 0.355. The second-order valence-electron chi connectivity index (χ2n) is 4.93. The summed E-state index contributed by atoms with van der Waals surface area (Å²) in [7, 11) is 0. The van der Waals surface area contributed by atoms with Crippen LogP contribution in [0, 0.1) is 13.8 Å². The van der Waals surface area contributed by atoms with Crippen LogP contribution in [0.25, 0.3) is 0 Å². The van der Waals surface area contributed by atoms with E-state index < -0.39 is 0 Å². The molecule has 0 atom stereocenters. The van der Waals surface area contributed by atoms with Crippen LogP contribution < -0.4 is 0 Å². The summed E-state index contributed by atoms with van der Waals surface area (Å²) in [6.45, 7) is 18.5. The van der Waals surface area contributed by atoms with Gasteiger partial charge in [-0.15, -0.1) is 0 Å². The molecule has 0 N–H and O–H groups in total. The van der Waals surface area contributed by atoms with Gasteiger partial charge in [0.2, 0.25) is 0 Å². The van der Waals surface area contributed by atoms with Gasteiger partial charge in [-0.2, -0.15) is 5.10 Å². The summed E-state index contributed by atoms with van der Waals surface area (Å²) < 4.78 is 6.69. The van der Waals surface area contributed by atoms with Gasteiger partial charge in [-0.1, -0.05) is 27.7 Å². The van der Waals surface area contributed by atoms with Gasteiger partial charge in [0.05, 0.1) is 24.3 Å². The van der Waals surface area contributed by atoms with Crippen molar-refractivity contribution in [3.05, 3.63) is 42.1 Å². The van der Waals surface area contributed by atoms with Gasteiger partial charge >= 0.3 is 0 Å². The largest absolute Gasteiger partial charge is 0.472 e. The van der Waals surface area contributed by atoms with Crippen LogP contribution in [-0.4, -0.2) is 9.78 Å². The predicted octanol–water partition coefficient (Wildman–Crippen LogP) is 5.59. The molecule has 0 saturated carbocycles. The zero-order chi connectivity index (χ0) is 16.2. The Labute approximate surface area is 125 Å². The second kappa shape index (κ2) is 11.3. The summed E-state index contributed by atoms with van der Waals surface area (Å²) in [5.74, 6) is 0. The van der Waals surface area contributed by atoms with Crippen molar-refractivity contribution in [2.75, 3.05) is 0 Å². The fourth-order valence-corrected chi connectivity index (χ4v) is 1.11. The normalized spacial score (nSPS) is 9.25. The number of hydrogen-bond donors (Lipinski definition) is 0. The zero-order valence-electron chi connectivity index (χ0n) is 14.7. The number of hydrogen-bond acceptors (Lipinski definition) is 2. The number of aromatic nitrogens is 2. The first-order valence-electron chi connectivity index (χ1n) is 7.40. The monoisotopic (exact) mass is 280 g/mol. The lowest BCUT2D eigenvalue weighted by Gasteiger charge is -2.18. The van der Waals surface area contributed by atoms with Crippen LogP contribution in [0.3, 0.4) is 0 Å². The molecule has 0 aliphatic heterocycles. The van der Waals surface area contributed by atoms with Gasteiger partial charge in [-0.25, -0.2) is 0 Å². The molecule has 0 aromatic carbocycles. The van der Waals surface area contributed by atoms with Crippen LogP contribution in [0.2, 0.25) is 0 Å². The van der Waals surface area contributed by atoms with Gasteiger partial charge in [0.25, 0.3) is 0 Å². The van der Waals surface area contributed by atoms with E-state index in [4.69, 9.17) is 4.42 Å². The maximum absolute atomic E-state index is 4.71. The van der Waals surface area contributed by atoms with Gasteiger partial charge in [0, 0.05) is 6.20 Å². The smallest absolute Gasteiger partial charge is 0.0931 e. The Hall–Kier alpha value is -1.51. The van der Waals surface area contributed by atoms with Crippen molar-refractivity contribution in [3.8, 4) is 0 Å². The average Bonchev–Trinajstić information content (AvgIpc) is 3.06. The van der Waals surface area contributed by atoms with Crippen LogP contribution in [0.1, 0.15) is 59.6 Å². The van der Waals surface area contributed by atoms with Crippen LogP contribution in [0.15, 0.2) is 35.4 Å². The van der Waals surface area contributed by atoms with Crippen LogP contribution in [0.4, 0.5) is 0 Å². The predicted molar refractivity (Wildman–Crippen MR) is 88.1 cm³/mol. The summed E-state index contributed by atoms with van der Waals surface area (Å²) in [6, 6.07) is 1.92. The molecule has 0 aliphatic rings.